The Kier molecular flexibility index (Phi) is 5.94. The van der Waals surface area contributed by atoms with Gasteiger partial charge in [-0.2, -0.15) is 0 Å². The van der Waals surface area contributed by atoms with Gasteiger partial charge in [0.2, 0.25) is 0 Å². The maximum absolute atomic E-state index is 13.2. The summed E-state index contributed by atoms with van der Waals surface area (Å²) in [7, 11) is 1.65. The standard InChI is InChI=1S/C20H24FN3O2/c1-26-19-7-5-18(6-8-19)23-11-13-24(14-12-23)20(25)22-10-9-16-3-2-4-17(21)15-16/h2-8,15H,9-14H2,1H3,(H,22,25). The summed E-state index contributed by atoms with van der Waals surface area (Å²) in [6.45, 7) is 3.45. The highest BCUT2D eigenvalue weighted by molar-refractivity contribution is 5.74. The number of rotatable bonds is 5. The van der Waals surface area contributed by atoms with Crippen LogP contribution in [0.2, 0.25) is 0 Å². The lowest BCUT2D eigenvalue weighted by Crippen LogP contribution is -2.52. The summed E-state index contributed by atoms with van der Waals surface area (Å²) in [6, 6.07) is 14.4. The van der Waals surface area contributed by atoms with Crippen LogP contribution in [0.1, 0.15) is 5.56 Å². The number of halogens is 1. The minimum absolute atomic E-state index is 0.0595. The third-order valence-electron chi connectivity index (χ3n) is 4.58. The summed E-state index contributed by atoms with van der Waals surface area (Å²) in [5.41, 5.74) is 2.02. The van der Waals surface area contributed by atoms with E-state index in [1.54, 1.807) is 13.2 Å². The number of nitrogens with one attached hydrogen (secondary N) is 1. The second kappa shape index (κ2) is 8.56. The van der Waals surface area contributed by atoms with Gasteiger partial charge in [-0.3, -0.25) is 0 Å². The number of carbonyl (C=O) groups excluding carboxylic acids is 1. The van der Waals surface area contributed by atoms with E-state index in [0.29, 0.717) is 26.1 Å². The zero-order valence-corrected chi connectivity index (χ0v) is 15.0. The molecule has 0 spiro atoms. The SMILES string of the molecule is COc1ccc(N2CCN(C(=O)NCCc3cccc(F)c3)CC2)cc1. The third-order valence-corrected chi connectivity index (χ3v) is 4.58. The average molecular weight is 357 g/mol. The van der Waals surface area contributed by atoms with Gasteiger partial charge in [-0.1, -0.05) is 12.1 Å². The molecule has 26 heavy (non-hydrogen) atoms. The van der Waals surface area contributed by atoms with Crippen LogP contribution >= 0.6 is 0 Å². The molecule has 1 saturated heterocycles. The van der Waals surface area contributed by atoms with Crippen LogP contribution in [0.3, 0.4) is 0 Å². The molecule has 0 aromatic heterocycles. The first-order valence-corrected chi connectivity index (χ1v) is 8.82. The van der Waals surface area contributed by atoms with Gasteiger partial charge >= 0.3 is 6.03 Å². The number of hydrogen-bond donors (Lipinski definition) is 1. The summed E-state index contributed by atoms with van der Waals surface area (Å²) < 4.78 is 18.3. The summed E-state index contributed by atoms with van der Waals surface area (Å²) in [5, 5.41) is 2.92. The largest absolute Gasteiger partial charge is 0.497 e. The lowest BCUT2D eigenvalue weighted by atomic mass is 10.1. The number of piperazine rings is 1. The molecule has 0 radical (unpaired) electrons. The average Bonchev–Trinajstić information content (AvgIpc) is 2.68. The minimum atomic E-state index is -0.247. The first-order valence-electron chi connectivity index (χ1n) is 8.82. The Labute approximate surface area is 153 Å². The number of ether oxygens (including phenoxy) is 1. The number of anilines is 1. The molecule has 138 valence electrons. The molecule has 1 aliphatic heterocycles. The summed E-state index contributed by atoms with van der Waals surface area (Å²) in [4.78, 5) is 16.4. The molecule has 3 rings (SSSR count). The van der Waals surface area contributed by atoms with Gasteiger partial charge in [-0.05, 0) is 48.4 Å². The van der Waals surface area contributed by atoms with Crippen molar-refractivity contribution >= 4 is 11.7 Å². The molecule has 2 aromatic carbocycles. The van der Waals surface area contributed by atoms with E-state index in [4.69, 9.17) is 4.74 Å². The van der Waals surface area contributed by atoms with Gasteiger partial charge in [0.15, 0.2) is 0 Å². The van der Waals surface area contributed by atoms with Crippen molar-refractivity contribution in [1.29, 1.82) is 0 Å². The first kappa shape index (κ1) is 18.0. The van der Waals surface area contributed by atoms with Crippen LogP contribution in [0, 0.1) is 5.82 Å². The van der Waals surface area contributed by atoms with Crippen LogP contribution in [-0.2, 0) is 6.42 Å². The maximum atomic E-state index is 13.2. The Balaban J connectivity index is 1.43. The highest BCUT2D eigenvalue weighted by Gasteiger charge is 2.21. The van der Waals surface area contributed by atoms with Gasteiger partial charge in [0.25, 0.3) is 0 Å². The smallest absolute Gasteiger partial charge is 0.317 e. The molecule has 1 heterocycles. The molecule has 1 fully saturated rings. The van der Waals surface area contributed by atoms with E-state index >= 15 is 0 Å². The Morgan fingerprint density at radius 2 is 1.85 bits per heavy atom. The molecule has 6 heteroatoms. The van der Waals surface area contributed by atoms with Crippen molar-refractivity contribution in [3.05, 3.63) is 59.9 Å². The van der Waals surface area contributed by atoms with Crippen molar-refractivity contribution < 1.29 is 13.9 Å². The Morgan fingerprint density at radius 1 is 1.12 bits per heavy atom. The van der Waals surface area contributed by atoms with Crippen molar-refractivity contribution in [2.75, 3.05) is 44.7 Å². The van der Waals surface area contributed by atoms with Crippen molar-refractivity contribution in [1.82, 2.24) is 10.2 Å². The normalized spacial score (nSPS) is 14.2. The van der Waals surface area contributed by atoms with E-state index in [1.165, 1.54) is 12.1 Å². The van der Waals surface area contributed by atoms with Crippen molar-refractivity contribution in [3.8, 4) is 5.75 Å². The van der Waals surface area contributed by atoms with Crippen molar-refractivity contribution in [2.24, 2.45) is 0 Å². The number of hydrogen-bond acceptors (Lipinski definition) is 3. The van der Waals surface area contributed by atoms with Gasteiger partial charge in [-0.15, -0.1) is 0 Å². The van der Waals surface area contributed by atoms with Gasteiger partial charge in [0.05, 0.1) is 7.11 Å². The topological polar surface area (TPSA) is 44.8 Å². The number of benzene rings is 2. The van der Waals surface area contributed by atoms with E-state index in [2.05, 4.69) is 10.2 Å². The number of carbonyl (C=O) groups is 1. The van der Waals surface area contributed by atoms with E-state index < -0.39 is 0 Å². The number of nitrogens with zero attached hydrogens (tertiary/aromatic N) is 2. The highest BCUT2D eigenvalue weighted by atomic mass is 19.1. The summed E-state index contributed by atoms with van der Waals surface area (Å²) in [5.74, 6) is 0.591. The van der Waals surface area contributed by atoms with Crippen molar-refractivity contribution in [2.45, 2.75) is 6.42 Å². The Morgan fingerprint density at radius 3 is 2.50 bits per heavy atom. The first-order chi connectivity index (χ1) is 12.7. The highest BCUT2D eigenvalue weighted by Crippen LogP contribution is 2.20. The molecule has 1 aliphatic rings. The van der Waals surface area contributed by atoms with Gasteiger partial charge in [0.1, 0.15) is 11.6 Å². The second-order valence-electron chi connectivity index (χ2n) is 6.28. The lowest BCUT2D eigenvalue weighted by Gasteiger charge is -2.36. The molecular weight excluding hydrogens is 333 g/mol. The third kappa shape index (κ3) is 4.65. The Bertz CT molecular complexity index is 728. The molecule has 5 nitrogen and oxygen atoms in total. The van der Waals surface area contributed by atoms with E-state index in [0.717, 1.165) is 30.1 Å². The molecule has 0 unspecified atom stereocenters. The fourth-order valence-electron chi connectivity index (χ4n) is 3.08. The quantitative estimate of drug-likeness (QED) is 0.895. The number of urea groups is 1. The molecular formula is C20H24FN3O2. The van der Waals surface area contributed by atoms with Gasteiger partial charge in [0, 0.05) is 38.4 Å². The van der Waals surface area contributed by atoms with E-state index in [-0.39, 0.29) is 11.8 Å². The fourth-order valence-corrected chi connectivity index (χ4v) is 3.08. The molecule has 0 bridgehead atoms. The Hall–Kier alpha value is -2.76. The zero-order valence-electron chi connectivity index (χ0n) is 15.0. The van der Waals surface area contributed by atoms with Crippen LogP contribution < -0.4 is 15.0 Å². The van der Waals surface area contributed by atoms with Crippen LogP contribution in [0.25, 0.3) is 0 Å². The minimum Gasteiger partial charge on any atom is -0.497 e. The fraction of sp³-hybridized carbons (Fsp3) is 0.350. The van der Waals surface area contributed by atoms with Gasteiger partial charge in [-0.25, -0.2) is 9.18 Å². The monoisotopic (exact) mass is 357 g/mol. The maximum Gasteiger partial charge on any atom is 0.317 e. The molecule has 0 saturated carbocycles. The van der Waals surface area contributed by atoms with Gasteiger partial charge < -0.3 is 19.9 Å². The van der Waals surface area contributed by atoms with Crippen LogP contribution in [0.5, 0.6) is 5.75 Å². The lowest BCUT2D eigenvalue weighted by molar-refractivity contribution is 0.194. The second-order valence-corrected chi connectivity index (χ2v) is 6.28. The van der Waals surface area contributed by atoms with Crippen LogP contribution in [0.4, 0.5) is 14.9 Å². The number of methoxy groups -OCH3 is 1. The van der Waals surface area contributed by atoms with Crippen molar-refractivity contribution in [3.63, 3.8) is 0 Å². The number of amides is 2. The molecule has 1 N–H and O–H groups in total. The molecule has 0 atom stereocenters. The molecule has 2 aromatic rings. The zero-order chi connectivity index (χ0) is 18.4. The van der Waals surface area contributed by atoms with Crippen LogP contribution in [0.15, 0.2) is 48.5 Å². The summed E-state index contributed by atoms with van der Waals surface area (Å²) >= 11 is 0. The summed E-state index contributed by atoms with van der Waals surface area (Å²) in [6.07, 6.45) is 0.620. The molecule has 2 amide bonds. The van der Waals surface area contributed by atoms with Crippen LogP contribution in [-0.4, -0.2) is 50.8 Å². The van der Waals surface area contributed by atoms with E-state index in [9.17, 15) is 9.18 Å². The predicted molar refractivity (Wildman–Crippen MR) is 100 cm³/mol. The van der Waals surface area contributed by atoms with E-state index in [1.807, 2.05) is 35.2 Å². The molecule has 0 aliphatic carbocycles. The predicted octanol–water partition coefficient (Wildman–Crippen LogP) is 2.91.